The molecule has 6 aromatic carbocycles. The second-order valence-corrected chi connectivity index (χ2v) is 35.8. The Hall–Kier alpha value is -5.06. The van der Waals surface area contributed by atoms with Crippen molar-refractivity contribution in [3.8, 4) is 11.1 Å². The third kappa shape index (κ3) is 7.96. The molecule has 0 fully saturated rings. The first kappa shape index (κ1) is 55.8. The second-order valence-electron chi connectivity index (χ2n) is 34.7. The summed E-state index contributed by atoms with van der Waals surface area (Å²) in [6, 6.07) is 36.8. The summed E-state index contributed by atoms with van der Waals surface area (Å²) in [5.74, 6) is 0. The van der Waals surface area contributed by atoms with Crippen LogP contribution in [0.1, 0.15) is 264 Å². The predicted molar refractivity (Wildman–Crippen MR) is 362 cm³/mol. The lowest BCUT2D eigenvalue weighted by atomic mass is 9.35. The molecule has 0 saturated carbocycles. The van der Waals surface area contributed by atoms with Crippen LogP contribution in [0.5, 0.6) is 0 Å². The van der Waals surface area contributed by atoms with Crippen LogP contribution < -0.4 is 25.5 Å². The van der Waals surface area contributed by atoms with Gasteiger partial charge in [0.1, 0.15) is 0 Å². The van der Waals surface area contributed by atoms with Gasteiger partial charge in [0.2, 0.25) is 0 Å². The van der Waals surface area contributed by atoms with Gasteiger partial charge in [0.25, 0.3) is 6.71 Å². The average Bonchev–Trinajstić information content (AvgIpc) is 1.75. The molecule has 0 amide bonds. The van der Waals surface area contributed by atoms with E-state index in [0.717, 1.165) is 0 Å². The first-order valence-corrected chi connectivity index (χ1v) is 33.3. The quantitative estimate of drug-likeness (QED) is 0.163. The summed E-state index contributed by atoms with van der Waals surface area (Å²) in [6.07, 6.45) is 11.8. The summed E-state index contributed by atoms with van der Waals surface area (Å²) in [7, 11) is 0. The van der Waals surface area contributed by atoms with Gasteiger partial charge in [-0.25, -0.2) is 0 Å². The van der Waals surface area contributed by atoms with Crippen LogP contribution in [0, 0.1) is 6.92 Å². The zero-order valence-electron chi connectivity index (χ0n) is 55.0. The van der Waals surface area contributed by atoms with Crippen molar-refractivity contribution in [1.82, 2.24) is 0 Å². The van der Waals surface area contributed by atoms with Gasteiger partial charge in [0, 0.05) is 43.2 Å². The molecule has 1 aromatic heterocycles. The van der Waals surface area contributed by atoms with E-state index in [1.54, 1.807) is 22.3 Å². The molecule has 0 atom stereocenters. The number of benzene rings is 6. The van der Waals surface area contributed by atoms with E-state index in [-0.39, 0.29) is 60.9 Å². The summed E-state index contributed by atoms with van der Waals surface area (Å²) in [6.45, 7) is 52.9. The maximum absolute atomic E-state index is 2.88. The molecule has 0 spiro atoms. The molecule has 2 aliphatic heterocycles. The fourth-order valence-corrected chi connectivity index (χ4v) is 19.3. The molecule has 7 aliphatic rings. The molecule has 3 heterocycles. The number of fused-ring (bicyclic) bond motifs is 11. The molecule has 83 heavy (non-hydrogen) atoms. The van der Waals surface area contributed by atoms with Crippen LogP contribution in [0.3, 0.4) is 0 Å². The molecule has 0 radical (unpaired) electrons. The maximum Gasteiger partial charge on any atom is 0.264 e. The molecular weight excluding hydrogens is 1020 g/mol. The fourth-order valence-electron chi connectivity index (χ4n) is 17.9. The molecular formula is C79H97BN2S. The third-order valence-corrected chi connectivity index (χ3v) is 25.4. The van der Waals surface area contributed by atoms with E-state index in [2.05, 4.69) is 251 Å². The molecule has 0 bridgehead atoms. The van der Waals surface area contributed by atoms with Gasteiger partial charge < -0.3 is 9.80 Å². The van der Waals surface area contributed by atoms with E-state index >= 15 is 0 Å². The normalized spacial score (nSPS) is 23.2. The van der Waals surface area contributed by atoms with E-state index in [0.29, 0.717) is 0 Å². The van der Waals surface area contributed by atoms with Gasteiger partial charge in [-0.2, -0.15) is 0 Å². The number of hydrogen-bond donors (Lipinski definition) is 0. The minimum atomic E-state index is 0.00439. The Morgan fingerprint density at radius 3 is 1.35 bits per heavy atom. The Morgan fingerprint density at radius 1 is 0.361 bits per heavy atom. The zero-order chi connectivity index (χ0) is 59.3. The third-order valence-electron chi connectivity index (χ3n) is 24.2. The smallest absolute Gasteiger partial charge is 0.264 e. The predicted octanol–water partition coefficient (Wildman–Crippen LogP) is 20.7. The molecule has 0 N–H and O–H groups in total. The van der Waals surface area contributed by atoms with Crippen molar-refractivity contribution in [2.75, 3.05) is 9.80 Å². The summed E-state index contributed by atoms with van der Waals surface area (Å²) >= 11 is 2.11. The largest absolute Gasteiger partial charge is 0.311 e. The zero-order valence-corrected chi connectivity index (χ0v) is 55.9. The average molecular weight is 1120 g/mol. The highest BCUT2D eigenvalue weighted by molar-refractivity contribution is 7.33. The summed E-state index contributed by atoms with van der Waals surface area (Å²) in [5.41, 5.74) is 31.0. The van der Waals surface area contributed by atoms with Crippen LogP contribution in [-0.4, -0.2) is 6.71 Å². The van der Waals surface area contributed by atoms with Gasteiger partial charge in [0.05, 0.1) is 11.4 Å². The standard InChI is InChI=1S/C79H97BN2S/c1-46-37-63-67-64(38-46)82(61-43-57-54(73(8,9)29-32-76(57,14)15)40-49(61)48-23-22-24-52-66(48)79(20,21)36-35-71(52,4)5)62-44-58-56(75(12,13)31-33-77(58,16)17)42-60(62)80(67)69-68(50-41-55-59(45-65(50)83-69)78(18,19)34-30-74(55,10)11)81(63)47-25-26-51-53(39-47)72(6,7)28-27-70(51,2)3/h22-26,37-45H,27-36H2,1-21H3. The van der Waals surface area contributed by atoms with Crippen LogP contribution in [0.4, 0.5) is 34.1 Å². The highest BCUT2D eigenvalue weighted by Gasteiger charge is 2.51. The Kier molecular flexibility index (Phi) is 11.5. The van der Waals surface area contributed by atoms with Gasteiger partial charge in [-0.15, -0.1) is 11.3 Å². The summed E-state index contributed by atoms with van der Waals surface area (Å²) < 4.78 is 2.93. The van der Waals surface area contributed by atoms with Gasteiger partial charge in [-0.05, 0) is 258 Å². The van der Waals surface area contributed by atoms with Gasteiger partial charge in [-0.1, -0.05) is 169 Å². The van der Waals surface area contributed by atoms with E-state index < -0.39 is 0 Å². The van der Waals surface area contributed by atoms with Crippen LogP contribution >= 0.6 is 11.3 Å². The highest BCUT2D eigenvalue weighted by Crippen LogP contribution is 2.60. The van der Waals surface area contributed by atoms with Crippen molar-refractivity contribution in [2.45, 2.75) is 264 Å². The second kappa shape index (κ2) is 17.1. The van der Waals surface area contributed by atoms with Gasteiger partial charge in [0.15, 0.2) is 0 Å². The van der Waals surface area contributed by atoms with E-state index in [1.165, 1.54) is 174 Å². The summed E-state index contributed by atoms with van der Waals surface area (Å²) in [5, 5.41) is 1.42. The van der Waals surface area contributed by atoms with Crippen LogP contribution in [0.25, 0.3) is 21.2 Å². The molecule has 2 nitrogen and oxygen atoms in total. The first-order chi connectivity index (χ1) is 38.5. The Balaban J connectivity index is 1.15. The van der Waals surface area contributed by atoms with Crippen molar-refractivity contribution in [1.29, 1.82) is 0 Å². The fraction of sp³-hybridized carbons (Fsp3) is 0.519. The lowest BCUT2D eigenvalue weighted by Gasteiger charge is -2.48. The molecule has 14 rings (SSSR count). The number of aryl methyl sites for hydroxylation is 1. The van der Waals surface area contributed by atoms with Crippen molar-refractivity contribution >= 4 is 78.0 Å². The molecule has 7 aromatic rings. The van der Waals surface area contributed by atoms with Crippen molar-refractivity contribution in [2.24, 2.45) is 0 Å². The lowest BCUT2D eigenvalue weighted by molar-refractivity contribution is 0.331. The van der Waals surface area contributed by atoms with Crippen molar-refractivity contribution in [3.05, 3.63) is 146 Å². The molecule has 0 unspecified atom stereocenters. The number of hydrogen-bond acceptors (Lipinski definition) is 3. The van der Waals surface area contributed by atoms with Crippen LogP contribution in [-0.2, 0) is 54.1 Å². The van der Waals surface area contributed by atoms with Crippen LogP contribution in [0.2, 0.25) is 0 Å². The number of rotatable bonds is 3. The molecule has 0 saturated heterocycles. The Morgan fingerprint density at radius 2 is 0.795 bits per heavy atom. The Labute approximate surface area is 505 Å². The number of nitrogens with zero attached hydrogens (tertiary/aromatic N) is 2. The van der Waals surface area contributed by atoms with Crippen molar-refractivity contribution < 1.29 is 0 Å². The van der Waals surface area contributed by atoms with Gasteiger partial charge in [-0.3, -0.25) is 0 Å². The SMILES string of the molecule is Cc1cc2c3c(c1)N(c1ccc4c(c1)C(C)(C)CCC4(C)C)c1c(sc4cc5c(cc14)C(C)(C)CCC5(C)C)B3c1cc3c(cc1N2c1cc2c(cc1-c1cccc4c1C(C)(C)CCC4(C)C)C(C)(C)CCC2(C)C)C(C)(C)CCC3(C)C. The van der Waals surface area contributed by atoms with E-state index in [1.807, 2.05) is 0 Å². The minimum absolute atomic E-state index is 0.00439. The topological polar surface area (TPSA) is 6.48 Å². The van der Waals surface area contributed by atoms with E-state index in [9.17, 15) is 0 Å². The minimum Gasteiger partial charge on any atom is -0.311 e. The van der Waals surface area contributed by atoms with Crippen LogP contribution in [0.15, 0.2) is 84.9 Å². The molecule has 432 valence electrons. The lowest BCUT2D eigenvalue weighted by Crippen LogP contribution is -2.61. The first-order valence-electron chi connectivity index (χ1n) is 32.5. The van der Waals surface area contributed by atoms with Gasteiger partial charge >= 0.3 is 0 Å². The molecule has 5 aliphatic carbocycles. The number of thiophene rings is 1. The monoisotopic (exact) mass is 1120 g/mol. The highest BCUT2D eigenvalue weighted by atomic mass is 32.1. The Bertz CT molecular complexity index is 3970. The van der Waals surface area contributed by atoms with E-state index in [4.69, 9.17) is 0 Å². The van der Waals surface area contributed by atoms with Crippen molar-refractivity contribution in [3.63, 3.8) is 0 Å². The molecule has 4 heteroatoms. The number of anilines is 6. The summed E-state index contributed by atoms with van der Waals surface area (Å²) in [4.78, 5) is 5.69. The maximum atomic E-state index is 2.88.